The molecule has 0 saturated carbocycles. The second-order valence-electron chi connectivity index (χ2n) is 6.27. The summed E-state index contributed by atoms with van der Waals surface area (Å²) in [7, 11) is 1.33. The van der Waals surface area contributed by atoms with E-state index in [1.165, 1.54) is 19.5 Å². The molecule has 2 aromatic carbocycles. The van der Waals surface area contributed by atoms with Crippen molar-refractivity contribution < 1.29 is 14.3 Å². The van der Waals surface area contributed by atoms with Gasteiger partial charge in [-0.05, 0) is 43.7 Å². The van der Waals surface area contributed by atoms with Gasteiger partial charge in [0.25, 0.3) is 5.91 Å². The van der Waals surface area contributed by atoms with Crippen molar-refractivity contribution in [3.05, 3.63) is 77.1 Å². The number of ether oxygens (including phenoxy) is 1. The van der Waals surface area contributed by atoms with Crippen molar-refractivity contribution in [3.8, 4) is 0 Å². The predicted molar refractivity (Wildman–Crippen MR) is 107 cm³/mol. The largest absolute Gasteiger partial charge is 0.465 e. The number of esters is 1. The molecule has 0 bridgehead atoms. The topological polar surface area (TPSA) is 93.2 Å². The highest BCUT2D eigenvalue weighted by Crippen LogP contribution is 2.18. The number of amides is 1. The van der Waals surface area contributed by atoms with Crippen LogP contribution in [0.1, 0.15) is 31.8 Å². The summed E-state index contributed by atoms with van der Waals surface area (Å²) in [5.74, 6) is -0.403. The average molecular weight is 376 g/mol. The Morgan fingerprint density at radius 2 is 1.71 bits per heavy atom. The molecular weight excluding hydrogens is 356 g/mol. The van der Waals surface area contributed by atoms with E-state index in [0.29, 0.717) is 22.8 Å². The second-order valence-corrected chi connectivity index (χ2v) is 6.27. The first-order valence-electron chi connectivity index (χ1n) is 8.62. The molecule has 0 aliphatic heterocycles. The fourth-order valence-electron chi connectivity index (χ4n) is 2.63. The molecule has 0 fully saturated rings. The van der Waals surface area contributed by atoms with Crippen LogP contribution >= 0.6 is 0 Å². The standard InChI is InChI=1S/C21H20N4O3/c1-13-7-8-18(14(2)9-13)25-19(26)16-11-22-21(23-12-16)24-17-6-4-5-15(10-17)20(27)28-3/h4-12H,1-3H3,(H,25,26)(H,22,23,24). The molecule has 0 unspecified atom stereocenters. The Morgan fingerprint density at radius 1 is 0.964 bits per heavy atom. The number of nitrogens with one attached hydrogen (secondary N) is 2. The van der Waals surface area contributed by atoms with Gasteiger partial charge in [-0.15, -0.1) is 0 Å². The van der Waals surface area contributed by atoms with E-state index >= 15 is 0 Å². The van der Waals surface area contributed by atoms with Crippen LogP contribution in [0.3, 0.4) is 0 Å². The summed E-state index contributed by atoms with van der Waals surface area (Å²) in [4.78, 5) is 32.4. The summed E-state index contributed by atoms with van der Waals surface area (Å²) < 4.78 is 4.70. The molecule has 7 nitrogen and oxygen atoms in total. The number of anilines is 3. The molecule has 0 saturated heterocycles. The van der Waals surface area contributed by atoms with Crippen LogP contribution in [-0.2, 0) is 4.74 Å². The normalized spacial score (nSPS) is 10.2. The van der Waals surface area contributed by atoms with Gasteiger partial charge in [0.05, 0.1) is 18.2 Å². The first-order chi connectivity index (χ1) is 13.5. The summed E-state index contributed by atoms with van der Waals surface area (Å²) in [5, 5.41) is 5.85. The van der Waals surface area contributed by atoms with E-state index in [4.69, 9.17) is 4.74 Å². The molecule has 142 valence electrons. The van der Waals surface area contributed by atoms with Crippen molar-refractivity contribution in [2.75, 3.05) is 17.7 Å². The molecule has 0 spiro atoms. The highest BCUT2D eigenvalue weighted by Gasteiger charge is 2.10. The quantitative estimate of drug-likeness (QED) is 0.657. The minimum Gasteiger partial charge on any atom is -0.465 e. The van der Waals surface area contributed by atoms with E-state index in [1.807, 2.05) is 32.0 Å². The molecule has 2 N–H and O–H groups in total. The number of rotatable bonds is 5. The molecule has 0 aliphatic rings. The van der Waals surface area contributed by atoms with Crippen molar-refractivity contribution in [1.29, 1.82) is 0 Å². The zero-order valence-electron chi connectivity index (χ0n) is 15.8. The van der Waals surface area contributed by atoms with E-state index in [2.05, 4.69) is 20.6 Å². The van der Waals surface area contributed by atoms with Crippen LogP contribution in [0.2, 0.25) is 0 Å². The summed E-state index contributed by atoms with van der Waals surface area (Å²) in [5.41, 5.74) is 4.25. The van der Waals surface area contributed by atoms with Gasteiger partial charge in [-0.1, -0.05) is 23.8 Å². The lowest BCUT2D eigenvalue weighted by Gasteiger charge is -2.10. The van der Waals surface area contributed by atoms with E-state index in [9.17, 15) is 9.59 Å². The van der Waals surface area contributed by atoms with E-state index < -0.39 is 5.97 Å². The van der Waals surface area contributed by atoms with Gasteiger partial charge < -0.3 is 15.4 Å². The van der Waals surface area contributed by atoms with Gasteiger partial charge in [0.15, 0.2) is 0 Å². The maximum absolute atomic E-state index is 12.4. The monoisotopic (exact) mass is 376 g/mol. The van der Waals surface area contributed by atoms with E-state index in [-0.39, 0.29) is 5.91 Å². The van der Waals surface area contributed by atoms with Gasteiger partial charge in [0, 0.05) is 23.8 Å². The maximum Gasteiger partial charge on any atom is 0.337 e. The number of hydrogen-bond donors (Lipinski definition) is 2. The van der Waals surface area contributed by atoms with Crippen LogP contribution in [-0.4, -0.2) is 29.0 Å². The van der Waals surface area contributed by atoms with Crippen LogP contribution in [0.4, 0.5) is 17.3 Å². The molecule has 7 heteroatoms. The molecule has 0 atom stereocenters. The zero-order chi connectivity index (χ0) is 20.1. The number of methoxy groups -OCH3 is 1. The van der Waals surface area contributed by atoms with Crippen molar-refractivity contribution in [2.45, 2.75) is 13.8 Å². The summed E-state index contributed by atoms with van der Waals surface area (Å²) in [6.07, 6.45) is 2.89. The lowest BCUT2D eigenvalue weighted by atomic mass is 10.1. The molecule has 28 heavy (non-hydrogen) atoms. The number of nitrogens with zero attached hydrogens (tertiary/aromatic N) is 2. The molecule has 3 rings (SSSR count). The summed E-state index contributed by atoms with van der Waals surface area (Å²) >= 11 is 0. The number of aryl methyl sites for hydroxylation is 2. The molecular formula is C21H20N4O3. The number of aromatic nitrogens is 2. The highest BCUT2D eigenvalue weighted by molar-refractivity contribution is 6.04. The van der Waals surface area contributed by atoms with Gasteiger partial charge in [-0.2, -0.15) is 0 Å². The first kappa shape index (κ1) is 19.0. The van der Waals surface area contributed by atoms with Crippen LogP contribution < -0.4 is 10.6 Å². The lowest BCUT2D eigenvalue weighted by molar-refractivity contribution is 0.0600. The lowest BCUT2D eigenvalue weighted by Crippen LogP contribution is -2.14. The fourth-order valence-corrected chi connectivity index (χ4v) is 2.63. The third-order valence-corrected chi connectivity index (χ3v) is 4.08. The molecule has 1 heterocycles. The van der Waals surface area contributed by atoms with Crippen LogP contribution in [0.15, 0.2) is 54.9 Å². The number of carbonyl (C=O) groups is 2. The number of hydrogen-bond acceptors (Lipinski definition) is 6. The summed E-state index contributed by atoms with van der Waals surface area (Å²) in [6, 6.07) is 12.6. The fraction of sp³-hybridized carbons (Fsp3) is 0.143. The molecule has 1 aromatic heterocycles. The highest BCUT2D eigenvalue weighted by atomic mass is 16.5. The van der Waals surface area contributed by atoms with Gasteiger partial charge >= 0.3 is 5.97 Å². The minimum atomic E-state index is -0.428. The maximum atomic E-state index is 12.4. The zero-order valence-corrected chi connectivity index (χ0v) is 15.8. The Kier molecular flexibility index (Phi) is 5.64. The average Bonchev–Trinajstić information content (AvgIpc) is 2.70. The minimum absolute atomic E-state index is 0.286. The van der Waals surface area contributed by atoms with Crippen LogP contribution in [0.5, 0.6) is 0 Å². The van der Waals surface area contributed by atoms with Crippen LogP contribution in [0.25, 0.3) is 0 Å². The SMILES string of the molecule is COC(=O)c1cccc(Nc2ncc(C(=O)Nc3ccc(C)cc3C)cn2)c1. The molecule has 3 aromatic rings. The number of carbonyl (C=O) groups excluding carboxylic acids is 2. The van der Waals surface area contributed by atoms with Gasteiger partial charge in [0.2, 0.25) is 5.95 Å². The van der Waals surface area contributed by atoms with Crippen molar-refractivity contribution in [3.63, 3.8) is 0 Å². The summed E-state index contributed by atoms with van der Waals surface area (Å²) in [6.45, 7) is 3.94. The Hall–Kier alpha value is -3.74. The van der Waals surface area contributed by atoms with Gasteiger partial charge in [0.1, 0.15) is 0 Å². The Bertz CT molecular complexity index is 1020. The smallest absolute Gasteiger partial charge is 0.337 e. The Morgan fingerprint density at radius 3 is 2.39 bits per heavy atom. The van der Waals surface area contributed by atoms with Crippen molar-refractivity contribution in [2.24, 2.45) is 0 Å². The Balaban J connectivity index is 1.69. The van der Waals surface area contributed by atoms with Crippen molar-refractivity contribution >= 4 is 29.2 Å². The van der Waals surface area contributed by atoms with E-state index in [1.54, 1.807) is 24.3 Å². The van der Waals surface area contributed by atoms with E-state index in [0.717, 1.165) is 16.8 Å². The Labute approximate surface area is 162 Å². The molecule has 0 radical (unpaired) electrons. The second kappa shape index (κ2) is 8.30. The van der Waals surface area contributed by atoms with Crippen LogP contribution in [0, 0.1) is 13.8 Å². The third kappa shape index (κ3) is 4.50. The predicted octanol–water partition coefficient (Wildman–Crippen LogP) is 3.88. The first-order valence-corrected chi connectivity index (χ1v) is 8.62. The van der Waals surface area contributed by atoms with Gasteiger partial charge in [-0.25, -0.2) is 14.8 Å². The number of benzene rings is 2. The molecule has 1 amide bonds. The molecule has 0 aliphatic carbocycles. The third-order valence-electron chi connectivity index (χ3n) is 4.08. The van der Waals surface area contributed by atoms with Gasteiger partial charge in [-0.3, -0.25) is 4.79 Å². The van der Waals surface area contributed by atoms with Crippen molar-refractivity contribution in [1.82, 2.24) is 9.97 Å².